The first-order valence-electron chi connectivity index (χ1n) is 9.71. The molecule has 0 aliphatic carbocycles. The number of carboxylic acid groups (broad SMARTS) is 1. The predicted molar refractivity (Wildman–Crippen MR) is 117 cm³/mol. The maximum atomic E-state index is 13.4. The van der Waals surface area contributed by atoms with Gasteiger partial charge < -0.3 is 15.2 Å². The Morgan fingerprint density at radius 3 is 2.28 bits per heavy atom. The molecule has 1 heterocycles. The van der Waals surface area contributed by atoms with Gasteiger partial charge in [-0.2, -0.15) is 5.10 Å². The first-order chi connectivity index (χ1) is 15.5. The molecule has 158 valence electrons. The standard InChI is InChI=1S/C25H18FN3O3/c26-20-11-6-17(7-12-20)24-19(16-29(28-24)22-4-2-1-3-5-22)10-15-23(30)27-21-13-8-18(9-14-21)25(31)32/h1-16H,(H,27,30)(H,31,32)/p-1/b15-10+. The Bertz CT molecular complexity index is 1280. The minimum absolute atomic E-state index is 0.0239. The van der Waals surface area contributed by atoms with Crippen LogP contribution < -0.4 is 10.4 Å². The fourth-order valence-electron chi connectivity index (χ4n) is 3.09. The normalized spacial score (nSPS) is 10.9. The minimum atomic E-state index is -1.29. The van der Waals surface area contributed by atoms with Gasteiger partial charge in [-0.05, 0) is 60.2 Å². The number of halogens is 1. The van der Waals surface area contributed by atoms with Crippen molar-refractivity contribution in [2.45, 2.75) is 0 Å². The number of para-hydroxylation sites is 1. The molecule has 7 heteroatoms. The van der Waals surface area contributed by atoms with Gasteiger partial charge in [0.15, 0.2) is 0 Å². The molecule has 0 aliphatic heterocycles. The van der Waals surface area contributed by atoms with E-state index in [2.05, 4.69) is 10.4 Å². The number of hydrogen-bond acceptors (Lipinski definition) is 4. The molecule has 0 spiro atoms. The van der Waals surface area contributed by atoms with Crippen molar-refractivity contribution in [1.82, 2.24) is 9.78 Å². The number of aromatic nitrogens is 2. The fourth-order valence-corrected chi connectivity index (χ4v) is 3.09. The summed E-state index contributed by atoms with van der Waals surface area (Å²) in [5.41, 5.74) is 3.28. The van der Waals surface area contributed by atoms with E-state index in [0.717, 1.165) is 5.69 Å². The average molecular weight is 426 g/mol. The monoisotopic (exact) mass is 426 g/mol. The maximum absolute atomic E-state index is 13.4. The second kappa shape index (κ2) is 9.09. The number of anilines is 1. The zero-order valence-electron chi connectivity index (χ0n) is 16.7. The van der Waals surface area contributed by atoms with Crippen molar-refractivity contribution in [2.75, 3.05) is 5.32 Å². The zero-order chi connectivity index (χ0) is 22.5. The van der Waals surface area contributed by atoms with Crippen LogP contribution in [0.5, 0.6) is 0 Å². The van der Waals surface area contributed by atoms with Crippen LogP contribution in [0.4, 0.5) is 10.1 Å². The highest BCUT2D eigenvalue weighted by atomic mass is 19.1. The maximum Gasteiger partial charge on any atom is 0.248 e. The Kier molecular flexibility index (Phi) is 5.89. The number of carbonyl (C=O) groups is 2. The summed E-state index contributed by atoms with van der Waals surface area (Å²) in [5.74, 6) is -2.03. The number of aromatic carboxylic acids is 1. The van der Waals surface area contributed by atoms with E-state index in [4.69, 9.17) is 0 Å². The number of rotatable bonds is 6. The summed E-state index contributed by atoms with van der Waals surface area (Å²) in [6.07, 6.45) is 4.76. The van der Waals surface area contributed by atoms with Gasteiger partial charge in [0, 0.05) is 29.1 Å². The predicted octanol–water partition coefficient (Wildman–Crippen LogP) is 3.69. The topological polar surface area (TPSA) is 87.0 Å². The highest BCUT2D eigenvalue weighted by Crippen LogP contribution is 2.25. The third-order valence-corrected chi connectivity index (χ3v) is 4.68. The lowest BCUT2D eigenvalue weighted by molar-refractivity contribution is -0.255. The van der Waals surface area contributed by atoms with Gasteiger partial charge in [0.1, 0.15) is 5.82 Å². The van der Waals surface area contributed by atoms with Crippen molar-refractivity contribution in [3.8, 4) is 16.9 Å². The molecule has 0 saturated heterocycles. The van der Waals surface area contributed by atoms with E-state index in [-0.39, 0.29) is 11.4 Å². The molecule has 0 bridgehead atoms. The van der Waals surface area contributed by atoms with Gasteiger partial charge in [0.2, 0.25) is 5.91 Å². The number of nitrogens with zero attached hydrogens (tertiary/aromatic N) is 2. The largest absolute Gasteiger partial charge is 0.545 e. The smallest absolute Gasteiger partial charge is 0.248 e. The molecule has 1 N–H and O–H groups in total. The summed E-state index contributed by atoms with van der Waals surface area (Å²) in [4.78, 5) is 23.2. The van der Waals surface area contributed by atoms with Crippen LogP contribution in [0.15, 0.2) is 91.1 Å². The molecule has 0 radical (unpaired) electrons. The molecule has 1 aromatic heterocycles. The summed E-state index contributed by atoms with van der Waals surface area (Å²) in [6, 6.07) is 21.1. The molecule has 4 aromatic rings. The SMILES string of the molecule is O=C(/C=C/c1cn(-c2ccccc2)nc1-c1ccc(F)cc1)Nc1ccc(C(=O)[O-])cc1. The van der Waals surface area contributed by atoms with Gasteiger partial charge in [-0.15, -0.1) is 0 Å². The van der Waals surface area contributed by atoms with Crippen LogP contribution in [0.25, 0.3) is 23.0 Å². The van der Waals surface area contributed by atoms with Crippen molar-refractivity contribution in [3.05, 3.63) is 108 Å². The molecular weight excluding hydrogens is 409 g/mol. The third kappa shape index (κ3) is 4.79. The number of carbonyl (C=O) groups excluding carboxylic acids is 2. The van der Waals surface area contributed by atoms with Gasteiger partial charge >= 0.3 is 0 Å². The van der Waals surface area contributed by atoms with E-state index in [1.807, 2.05) is 30.3 Å². The van der Waals surface area contributed by atoms with Crippen molar-refractivity contribution >= 4 is 23.6 Å². The van der Waals surface area contributed by atoms with E-state index in [1.165, 1.54) is 42.5 Å². The summed E-state index contributed by atoms with van der Waals surface area (Å²) in [7, 11) is 0. The Hall–Kier alpha value is -4.52. The summed E-state index contributed by atoms with van der Waals surface area (Å²) < 4.78 is 15.1. The molecule has 0 aliphatic rings. The van der Waals surface area contributed by atoms with Crippen LogP contribution in [0.2, 0.25) is 0 Å². The second-order valence-corrected chi connectivity index (χ2v) is 6.91. The summed E-state index contributed by atoms with van der Waals surface area (Å²) in [6.45, 7) is 0. The zero-order valence-corrected chi connectivity index (χ0v) is 16.7. The van der Waals surface area contributed by atoms with Crippen molar-refractivity contribution in [2.24, 2.45) is 0 Å². The van der Waals surface area contributed by atoms with Gasteiger partial charge in [-0.1, -0.05) is 30.3 Å². The van der Waals surface area contributed by atoms with E-state index < -0.39 is 11.9 Å². The highest BCUT2D eigenvalue weighted by Gasteiger charge is 2.11. The average Bonchev–Trinajstić information content (AvgIpc) is 3.23. The Morgan fingerprint density at radius 2 is 1.62 bits per heavy atom. The number of carboxylic acids is 1. The van der Waals surface area contributed by atoms with Gasteiger partial charge in [0.05, 0.1) is 17.4 Å². The number of amides is 1. The van der Waals surface area contributed by atoms with Gasteiger partial charge in [0.25, 0.3) is 0 Å². The lowest BCUT2D eigenvalue weighted by Crippen LogP contribution is -2.22. The van der Waals surface area contributed by atoms with Crippen molar-refractivity contribution in [3.63, 3.8) is 0 Å². The van der Waals surface area contributed by atoms with E-state index in [1.54, 1.807) is 29.1 Å². The van der Waals surface area contributed by atoms with E-state index >= 15 is 0 Å². The first kappa shape index (κ1) is 20.7. The van der Waals surface area contributed by atoms with Crippen LogP contribution in [0.1, 0.15) is 15.9 Å². The summed E-state index contributed by atoms with van der Waals surface area (Å²) in [5, 5.41) is 18.1. The van der Waals surface area contributed by atoms with E-state index in [0.29, 0.717) is 22.5 Å². The molecule has 0 atom stereocenters. The number of nitrogens with one attached hydrogen (secondary N) is 1. The van der Waals surface area contributed by atoms with Crippen molar-refractivity contribution in [1.29, 1.82) is 0 Å². The van der Waals surface area contributed by atoms with Crippen LogP contribution in [-0.4, -0.2) is 21.7 Å². The van der Waals surface area contributed by atoms with E-state index in [9.17, 15) is 19.1 Å². The Morgan fingerprint density at radius 1 is 0.938 bits per heavy atom. The highest BCUT2D eigenvalue weighted by molar-refractivity contribution is 6.02. The first-order valence-corrected chi connectivity index (χ1v) is 9.71. The Labute approximate surface area is 183 Å². The second-order valence-electron chi connectivity index (χ2n) is 6.91. The molecule has 1 amide bonds. The number of hydrogen-bond donors (Lipinski definition) is 1. The molecule has 3 aromatic carbocycles. The number of benzene rings is 3. The lowest BCUT2D eigenvalue weighted by atomic mass is 10.1. The van der Waals surface area contributed by atoms with Crippen LogP contribution in [-0.2, 0) is 4.79 Å². The molecular formula is C25H17FN3O3-. The fraction of sp³-hybridized carbons (Fsp3) is 0. The van der Waals surface area contributed by atoms with Gasteiger partial charge in [-0.3, -0.25) is 4.79 Å². The van der Waals surface area contributed by atoms with Crippen LogP contribution in [0.3, 0.4) is 0 Å². The van der Waals surface area contributed by atoms with Crippen molar-refractivity contribution < 1.29 is 19.1 Å². The molecule has 4 rings (SSSR count). The van der Waals surface area contributed by atoms with Crippen LogP contribution in [0, 0.1) is 5.82 Å². The quantitative estimate of drug-likeness (QED) is 0.477. The third-order valence-electron chi connectivity index (χ3n) is 4.68. The molecule has 0 saturated carbocycles. The molecule has 0 fully saturated rings. The van der Waals surface area contributed by atoms with Crippen LogP contribution >= 0.6 is 0 Å². The lowest BCUT2D eigenvalue weighted by Gasteiger charge is -2.05. The summed E-state index contributed by atoms with van der Waals surface area (Å²) >= 11 is 0. The Balaban J connectivity index is 1.60. The molecule has 0 unspecified atom stereocenters. The molecule has 32 heavy (non-hydrogen) atoms. The minimum Gasteiger partial charge on any atom is -0.545 e. The van der Waals surface area contributed by atoms with Gasteiger partial charge in [-0.25, -0.2) is 9.07 Å². The molecule has 6 nitrogen and oxygen atoms in total.